The minimum Gasteiger partial charge on any atom is -0.342 e. The summed E-state index contributed by atoms with van der Waals surface area (Å²) in [4.78, 5) is 13.3. The second-order valence-electron chi connectivity index (χ2n) is 6.71. The molecule has 2 aromatic heterocycles. The molecule has 6 heteroatoms. The number of benzene rings is 2. The normalized spacial score (nSPS) is 12.0. The second kappa shape index (κ2) is 8.92. The molecule has 4 rings (SSSR count). The van der Waals surface area contributed by atoms with E-state index >= 15 is 0 Å². The van der Waals surface area contributed by atoms with E-state index in [0.717, 1.165) is 34.8 Å². The number of aromatic nitrogens is 3. The number of carbonyl (C=O) groups excluding carboxylic acids is 1. The summed E-state index contributed by atoms with van der Waals surface area (Å²) in [5, 5.41) is 11.8. The number of pyridine rings is 1. The molecule has 0 aliphatic heterocycles. The highest BCUT2D eigenvalue weighted by molar-refractivity contribution is 7.98. The molecule has 0 radical (unpaired) electrons. The number of carbonyl (C=O) groups is 1. The van der Waals surface area contributed by atoms with Crippen LogP contribution in [0.5, 0.6) is 0 Å². The monoisotopic (exact) mass is 402 g/mol. The predicted octanol–water partition coefficient (Wildman–Crippen LogP) is 4.62. The standard InChI is InChI=1S/C23H22N4OS/c1-29-16-14-20(22-26-25-21-13-7-8-15-27(21)22)24-23(28)19-12-6-5-11-18(19)17-9-3-2-4-10-17/h2-13,15,20H,14,16H2,1H3,(H,24,28). The van der Waals surface area contributed by atoms with Gasteiger partial charge in [0.15, 0.2) is 11.5 Å². The van der Waals surface area contributed by atoms with E-state index in [4.69, 9.17) is 0 Å². The Bertz CT molecular complexity index is 1110. The Kier molecular flexibility index (Phi) is 5.91. The van der Waals surface area contributed by atoms with E-state index in [-0.39, 0.29) is 11.9 Å². The molecule has 0 fully saturated rings. The van der Waals surface area contributed by atoms with Gasteiger partial charge in [-0.05, 0) is 47.8 Å². The van der Waals surface area contributed by atoms with Gasteiger partial charge in [-0.15, -0.1) is 10.2 Å². The largest absolute Gasteiger partial charge is 0.342 e. The molecule has 29 heavy (non-hydrogen) atoms. The molecule has 0 aliphatic rings. The summed E-state index contributed by atoms with van der Waals surface area (Å²) in [6, 6.07) is 23.2. The van der Waals surface area contributed by atoms with Gasteiger partial charge in [-0.25, -0.2) is 0 Å². The third kappa shape index (κ3) is 4.17. The molecule has 2 heterocycles. The quantitative estimate of drug-likeness (QED) is 0.490. The van der Waals surface area contributed by atoms with Gasteiger partial charge in [0.2, 0.25) is 0 Å². The van der Waals surface area contributed by atoms with Crippen LogP contribution in [0.1, 0.15) is 28.6 Å². The van der Waals surface area contributed by atoms with Crippen LogP contribution in [0.15, 0.2) is 79.0 Å². The van der Waals surface area contributed by atoms with E-state index in [1.54, 1.807) is 11.8 Å². The van der Waals surface area contributed by atoms with Gasteiger partial charge in [-0.2, -0.15) is 11.8 Å². The molecule has 0 aliphatic carbocycles. The summed E-state index contributed by atoms with van der Waals surface area (Å²) in [6.07, 6.45) is 4.77. The van der Waals surface area contributed by atoms with Gasteiger partial charge >= 0.3 is 0 Å². The van der Waals surface area contributed by atoms with Gasteiger partial charge in [0.05, 0.1) is 6.04 Å². The summed E-state index contributed by atoms with van der Waals surface area (Å²) < 4.78 is 1.94. The molecule has 0 saturated carbocycles. The number of rotatable bonds is 7. The SMILES string of the molecule is CSCCC(NC(=O)c1ccccc1-c1ccccc1)c1nnc2ccccn12. The summed E-state index contributed by atoms with van der Waals surface area (Å²) >= 11 is 1.75. The van der Waals surface area contributed by atoms with Crippen LogP contribution in [0.2, 0.25) is 0 Å². The number of hydrogen-bond donors (Lipinski definition) is 1. The van der Waals surface area contributed by atoms with E-state index in [1.807, 2.05) is 83.4 Å². The molecule has 0 saturated heterocycles. The third-order valence-corrected chi connectivity index (χ3v) is 5.47. The molecule has 5 nitrogen and oxygen atoms in total. The highest BCUT2D eigenvalue weighted by atomic mass is 32.2. The van der Waals surface area contributed by atoms with Crippen molar-refractivity contribution in [3.8, 4) is 11.1 Å². The first-order valence-electron chi connectivity index (χ1n) is 9.52. The molecular weight excluding hydrogens is 380 g/mol. The van der Waals surface area contributed by atoms with Crippen molar-refractivity contribution in [2.24, 2.45) is 0 Å². The van der Waals surface area contributed by atoms with Crippen molar-refractivity contribution in [1.82, 2.24) is 19.9 Å². The first-order chi connectivity index (χ1) is 14.3. The first-order valence-corrected chi connectivity index (χ1v) is 10.9. The van der Waals surface area contributed by atoms with Gasteiger partial charge in [0.1, 0.15) is 0 Å². The van der Waals surface area contributed by atoms with Crippen molar-refractivity contribution >= 4 is 23.3 Å². The van der Waals surface area contributed by atoms with E-state index < -0.39 is 0 Å². The maximum Gasteiger partial charge on any atom is 0.252 e. The molecule has 0 spiro atoms. The van der Waals surface area contributed by atoms with Crippen LogP contribution in [0.25, 0.3) is 16.8 Å². The van der Waals surface area contributed by atoms with Crippen LogP contribution >= 0.6 is 11.8 Å². The number of amides is 1. The number of nitrogens with zero attached hydrogens (tertiary/aromatic N) is 3. The Morgan fingerprint density at radius 1 is 1.00 bits per heavy atom. The van der Waals surface area contributed by atoms with E-state index in [2.05, 4.69) is 21.8 Å². The maximum absolute atomic E-state index is 13.3. The molecular formula is C23H22N4OS. The van der Waals surface area contributed by atoms with Crippen LogP contribution in [0.4, 0.5) is 0 Å². The Labute approximate surface area is 174 Å². The zero-order valence-electron chi connectivity index (χ0n) is 16.2. The summed E-state index contributed by atoms with van der Waals surface area (Å²) in [6.45, 7) is 0. The Hall–Kier alpha value is -3.12. The lowest BCUT2D eigenvalue weighted by Gasteiger charge is -2.18. The summed E-state index contributed by atoms with van der Waals surface area (Å²) in [5.41, 5.74) is 3.37. The molecule has 0 bridgehead atoms. The number of nitrogens with one attached hydrogen (secondary N) is 1. The van der Waals surface area contributed by atoms with Gasteiger partial charge in [-0.1, -0.05) is 54.6 Å². The van der Waals surface area contributed by atoms with Gasteiger partial charge in [-0.3, -0.25) is 9.20 Å². The average molecular weight is 403 g/mol. The lowest BCUT2D eigenvalue weighted by atomic mass is 9.99. The third-order valence-electron chi connectivity index (χ3n) is 4.82. The summed E-state index contributed by atoms with van der Waals surface area (Å²) in [7, 11) is 0. The molecule has 1 N–H and O–H groups in total. The van der Waals surface area contributed by atoms with Crippen LogP contribution < -0.4 is 5.32 Å². The molecule has 1 unspecified atom stereocenters. The van der Waals surface area contributed by atoms with E-state index in [0.29, 0.717) is 5.56 Å². The predicted molar refractivity (Wildman–Crippen MR) is 118 cm³/mol. The number of thioether (sulfide) groups is 1. The fourth-order valence-electron chi connectivity index (χ4n) is 3.39. The van der Waals surface area contributed by atoms with Crippen molar-refractivity contribution in [3.63, 3.8) is 0 Å². The number of hydrogen-bond acceptors (Lipinski definition) is 4. The van der Waals surface area contributed by atoms with Crippen molar-refractivity contribution in [3.05, 3.63) is 90.4 Å². The lowest BCUT2D eigenvalue weighted by molar-refractivity contribution is 0.0934. The smallest absolute Gasteiger partial charge is 0.252 e. The highest BCUT2D eigenvalue weighted by Crippen LogP contribution is 2.25. The average Bonchev–Trinajstić information content (AvgIpc) is 3.21. The lowest BCUT2D eigenvalue weighted by Crippen LogP contribution is -2.30. The second-order valence-corrected chi connectivity index (χ2v) is 7.69. The van der Waals surface area contributed by atoms with Gasteiger partial charge < -0.3 is 5.32 Å². The van der Waals surface area contributed by atoms with E-state index in [1.165, 1.54) is 0 Å². The maximum atomic E-state index is 13.3. The van der Waals surface area contributed by atoms with Crippen molar-refractivity contribution < 1.29 is 4.79 Å². The topological polar surface area (TPSA) is 59.3 Å². The van der Waals surface area contributed by atoms with Gasteiger partial charge in [0, 0.05) is 11.8 Å². The highest BCUT2D eigenvalue weighted by Gasteiger charge is 2.22. The number of fused-ring (bicyclic) bond motifs is 1. The van der Waals surface area contributed by atoms with Crippen LogP contribution in [-0.4, -0.2) is 32.5 Å². The first kappa shape index (κ1) is 19.2. The molecule has 1 atom stereocenters. The molecule has 146 valence electrons. The molecule has 2 aromatic carbocycles. The van der Waals surface area contributed by atoms with Crippen molar-refractivity contribution in [1.29, 1.82) is 0 Å². The fraction of sp³-hybridized carbons (Fsp3) is 0.174. The zero-order chi connectivity index (χ0) is 20.1. The molecule has 1 amide bonds. The van der Waals surface area contributed by atoms with Crippen molar-refractivity contribution in [2.75, 3.05) is 12.0 Å². The van der Waals surface area contributed by atoms with Crippen molar-refractivity contribution in [2.45, 2.75) is 12.5 Å². The fourth-order valence-corrected chi connectivity index (χ4v) is 3.86. The zero-order valence-corrected chi connectivity index (χ0v) is 17.0. The Balaban J connectivity index is 1.66. The van der Waals surface area contributed by atoms with Crippen LogP contribution in [0, 0.1) is 0 Å². The Morgan fingerprint density at radius 3 is 2.59 bits per heavy atom. The minimum atomic E-state index is -0.226. The summed E-state index contributed by atoms with van der Waals surface area (Å²) in [5.74, 6) is 1.55. The van der Waals surface area contributed by atoms with Crippen LogP contribution in [-0.2, 0) is 0 Å². The minimum absolute atomic E-state index is 0.108. The van der Waals surface area contributed by atoms with Crippen LogP contribution in [0.3, 0.4) is 0 Å². The van der Waals surface area contributed by atoms with E-state index in [9.17, 15) is 4.79 Å². The Morgan fingerprint density at radius 2 is 1.76 bits per heavy atom. The van der Waals surface area contributed by atoms with Gasteiger partial charge in [0.25, 0.3) is 5.91 Å². The molecule has 4 aromatic rings.